The van der Waals surface area contributed by atoms with Gasteiger partial charge in [-0.05, 0) is 42.0 Å². The number of methoxy groups -OCH3 is 1. The molecule has 0 unspecified atom stereocenters. The molecular formula is C24H18F2O5. The molecule has 1 aliphatic rings. The molecule has 0 bridgehead atoms. The van der Waals surface area contributed by atoms with Gasteiger partial charge in [0.1, 0.15) is 29.6 Å². The molecule has 0 aromatic heterocycles. The number of fused-ring (bicyclic) bond motifs is 1. The summed E-state index contributed by atoms with van der Waals surface area (Å²) in [5.74, 6) is 1.23. The number of alkyl halides is 2. The Kier molecular flexibility index (Phi) is 5.84. The van der Waals surface area contributed by atoms with Gasteiger partial charge >= 0.3 is 6.61 Å². The monoisotopic (exact) mass is 424 g/mol. The van der Waals surface area contributed by atoms with Crippen LogP contribution in [0, 0.1) is 0 Å². The van der Waals surface area contributed by atoms with Crippen molar-refractivity contribution < 1.29 is 32.5 Å². The van der Waals surface area contributed by atoms with E-state index in [1.807, 2.05) is 24.3 Å². The Balaban J connectivity index is 1.51. The quantitative estimate of drug-likeness (QED) is 0.470. The van der Waals surface area contributed by atoms with E-state index >= 15 is 0 Å². The van der Waals surface area contributed by atoms with E-state index in [9.17, 15) is 13.6 Å². The lowest BCUT2D eigenvalue weighted by Gasteiger charge is -2.09. The topological polar surface area (TPSA) is 54.0 Å². The highest BCUT2D eigenvalue weighted by Gasteiger charge is 2.28. The fourth-order valence-corrected chi connectivity index (χ4v) is 3.13. The highest BCUT2D eigenvalue weighted by atomic mass is 19.3. The van der Waals surface area contributed by atoms with Gasteiger partial charge in [-0.25, -0.2) is 0 Å². The Hall–Kier alpha value is -3.87. The Morgan fingerprint density at radius 2 is 1.84 bits per heavy atom. The molecule has 0 spiro atoms. The number of ether oxygens (including phenoxy) is 4. The standard InChI is InChI=1S/C24H18F2O5/c1-28-17-7-4-5-15(11-17)14-29-18-9-10-19-21(13-18)30-22(23(19)27)12-16-6-2-3-8-20(16)31-24(25)26/h2-13,24H,14H2,1H3/b22-12-. The predicted molar refractivity (Wildman–Crippen MR) is 110 cm³/mol. The maximum atomic E-state index is 12.7. The molecule has 0 amide bonds. The highest BCUT2D eigenvalue weighted by Crippen LogP contribution is 2.36. The Bertz CT molecular complexity index is 1140. The second-order valence-corrected chi connectivity index (χ2v) is 6.65. The predicted octanol–water partition coefficient (Wildman–Crippen LogP) is 5.49. The van der Waals surface area contributed by atoms with Crippen LogP contribution in [0.15, 0.2) is 72.5 Å². The van der Waals surface area contributed by atoms with Crippen LogP contribution in [-0.2, 0) is 6.61 Å². The third-order valence-corrected chi connectivity index (χ3v) is 4.60. The summed E-state index contributed by atoms with van der Waals surface area (Å²) in [7, 11) is 1.60. The molecule has 3 aromatic carbocycles. The van der Waals surface area contributed by atoms with E-state index in [1.165, 1.54) is 12.1 Å². The number of halogens is 2. The summed E-state index contributed by atoms with van der Waals surface area (Å²) in [5.41, 5.74) is 1.61. The number of Topliss-reactive ketones (excluding diaryl/α,β-unsaturated/α-hetero) is 1. The molecule has 0 saturated heterocycles. The van der Waals surface area contributed by atoms with Gasteiger partial charge in [-0.3, -0.25) is 4.79 Å². The minimum atomic E-state index is -2.97. The van der Waals surface area contributed by atoms with E-state index in [1.54, 1.807) is 43.5 Å². The van der Waals surface area contributed by atoms with Gasteiger partial charge in [-0.1, -0.05) is 30.3 Å². The van der Waals surface area contributed by atoms with Crippen molar-refractivity contribution in [2.45, 2.75) is 13.2 Å². The molecule has 0 N–H and O–H groups in total. The largest absolute Gasteiger partial charge is 0.497 e. The van der Waals surface area contributed by atoms with Crippen molar-refractivity contribution in [2.24, 2.45) is 0 Å². The van der Waals surface area contributed by atoms with Crippen LogP contribution >= 0.6 is 0 Å². The Morgan fingerprint density at radius 1 is 1.00 bits per heavy atom. The van der Waals surface area contributed by atoms with Crippen molar-refractivity contribution in [1.29, 1.82) is 0 Å². The number of para-hydroxylation sites is 1. The van der Waals surface area contributed by atoms with E-state index in [0.29, 0.717) is 29.2 Å². The van der Waals surface area contributed by atoms with Gasteiger partial charge in [0.15, 0.2) is 5.76 Å². The maximum Gasteiger partial charge on any atom is 0.387 e. The van der Waals surface area contributed by atoms with E-state index in [4.69, 9.17) is 14.2 Å². The molecule has 5 nitrogen and oxygen atoms in total. The number of carbonyl (C=O) groups excluding carboxylic acids is 1. The van der Waals surface area contributed by atoms with Gasteiger partial charge in [-0.2, -0.15) is 8.78 Å². The van der Waals surface area contributed by atoms with Crippen LogP contribution in [0.1, 0.15) is 21.5 Å². The molecule has 31 heavy (non-hydrogen) atoms. The number of allylic oxidation sites excluding steroid dienone is 1. The van der Waals surface area contributed by atoms with Crippen LogP contribution in [0.2, 0.25) is 0 Å². The van der Waals surface area contributed by atoms with Crippen LogP contribution in [0.5, 0.6) is 23.0 Å². The second kappa shape index (κ2) is 8.87. The highest BCUT2D eigenvalue weighted by molar-refractivity contribution is 6.14. The normalized spacial score (nSPS) is 13.8. The van der Waals surface area contributed by atoms with Gasteiger partial charge in [0.25, 0.3) is 0 Å². The van der Waals surface area contributed by atoms with E-state index in [-0.39, 0.29) is 17.3 Å². The molecule has 1 aliphatic heterocycles. The van der Waals surface area contributed by atoms with Crippen molar-refractivity contribution in [3.05, 3.63) is 89.2 Å². The molecule has 3 aromatic rings. The molecule has 7 heteroatoms. The van der Waals surface area contributed by atoms with Crippen LogP contribution in [0.25, 0.3) is 6.08 Å². The molecule has 0 atom stereocenters. The van der Waals surface area contributed by atoms with E-state index in [0.717, 1.165) is 11.3 Å². The lowest BCUT2D eigenvalue weighted by atomic mass is 10.1. The first kappa shape index (κ1) is 20.4. The van der Waals surface area contributed by atoms with Gasteiger partial charge in [0.05, 0.1) is 12.7 Å². The van der Waals surface area contributed by atoms with Crippen LogP contribution in [0.3, 0.4) is 0 Å². The number of carbonyl (C=O) groups is 1. The summed E-state index contributed by atoms with van der Waals surface area (Å²) in [4.78, 5) is 12.7. The van der Waals surface area contributed by atoms with Gasteiger partial charge < -0.3 is 18.9 Å². The zero-order valence-corrected chi connectivity index (χ0v) is 16.5. The SMILES string of the molecule is COc1cccc(COc2ccc3c(c2)O/C(=C\c2ccccc2OC(F)F)C3=O)c1. The first-order valence-corrected chi connectivity index (χ1v) is 9.41. The Labute approximate surface area is 177 Å². The zero-order valence-electron chi connectivity index (χ0n) is 16.5. The minimum Gasteiger partial charge on any atom is -0.497 e. The molecule has 4 rings (SSSR count). The summed E-state index contributed by atoms with van der Waals surface area (Å²) in [6, 6.07) is 18.6. The first-order valence-electron chi connectivity index (χ1n) is 9.41. The van der Waals surface area contributed by atoms with Crippen LogP contribution in [-0.4, -0.2) is 19.5 Å². The Morgan fingerprint density at radius 3 is 2.65 bits per heavy atom. The van der Waals surface area contributed by atoms with E-state index in [2.05, 4.69) is 4.74 Å². The third-order valence-electron chi connectivity index (χ3n) is 4.60. The third kappa shape index (κ3) is 4.66. The van der Waals surface area contributed by atoms with Crippen molar-refractivity contribution >= 4 is 11.9 Å². The molecular weight excluding hydrogens is 406 g/mol. The van der Waals surface area contributed by atoms with Crippen molar-refractivity contribution in [2.75, 3.05) is 7.11 Å². The summed E-state index contributed by atoms with van der Waals surface area (Å²) >= 11 is 0. The number of hydrogen-bond donors (Lipinski definition) is 0. The fourth-order valence-electron chi connectivity index (χ4n) is 3.13. The first-order chi connectivity index (χ1) is 15.0. The van der Waals surface area contributed by atoms with Crippen molar-refractivity contribution in [1.82, 2.24) is 0 Å². The number of hydrogen-bond acceptors (Lipinski definition) is 5. The van der Waals surface area contributed by atoms with Gasteiger partial charge in [0, 0.05) is 11.6 Å². The van der Waals surface area contributed by atoms with Crippen LogP contribution < -0.4 is 18.9 Å². The second-order valence-electron chi connectivity index (χ2n) is 6.65. The summed E-state index contributed by atoms with van der Waals surface area (Å²) in [6.45, 7) is -2.66. The molecule has 1 heterocycles. The van der Waals surface area contributed by atoms with Gasteiger partial charge in [0.2, 0.25) is 5.78 Å². The summed E-state index contributed by atoms with van der Waals surface area (Å²) in [5, 5.41) is 0. The lowest BCUT2D eigenvalue weighted by Crippen LogP contribution is -2.04. The molecule has 0 aliphatic carbocycles. The van der Waals surface area contributed by atoms with Crippen molar-refractivity contribution in [3.8, 4) is 23.0 Å². The lowest BCUT2D eigenvalue weighted by molar-refractivity contribution is -0.0499. The summed E-state index contributed by atoms with van der Waals surface area (Å²) in [6.07, 6.45) is 1.39. The van der Waals surface area contributed by atoms with Gasteiger partial charge in [-0.15, -0.1) is 0 Å². The van der Waals surface area contributed by atoms with Crippen LogP contribution in [0.4, 0.5) is 8.78 Å². The number of benzene rings is 3. The number of rotatable bonds is 7. The molecule has 0 saturated carbocycles. The summed E-state index contributed by atoms with van der Waals surface area (Å²) < 4.78 is 46.4. The minimum absolute atomic E-state index is 0.0188. The van der Waals surface area contributed by atoms with Crippen molar-refractivity contribution in [3.63, 3.8) is 0 Å². The fraction of sp³-hybridized carbons (Fsp3) is 0.125. The molecule has 0 fully saturated rings. The molecule has 0 radical (unpaired) electrons. The average Bonchev–Trinajstić information content (AvgIpc) is 3.08. The van der Waals surface area contributed by atoms with E-state index < -0.39 is 6.61 Å². The average molecular weight is 424 g/mol. The maximum absolute atomic E-state index is 12.7. The number of ketones is 1. The molecule has 158 valence electrons. The smallest absolute Gasteiger partial charge is 0.387 e. The zero-order chi connectivity index (χ0) is 21.8.